The van der Waals surface area contributed by atoms with Gasteiger partial charge in [-0.2, -0.15) is 0 Å². The summed E-state index contributed by atoms with van der Waals surface area (Å²) in [6.07, 6.45) is 2.35. The number of anilines is 1. The maximum atomic E-state index is 11.8. The highest BCUT2D eigenvalue weighted by Gasteiger charge is 2.17. The summed E-state index contributed by atoms with van der Waals surface area (Å²) in [5.74, 6) is 0.00133. The molecule has 4 heteroatoms. The lowest BCUT2D eigenvalue weighted by Crippen LogP contribution is -2.36. The quantitative estimate of drug-likeness (QED) is 0.886. The number of carbonyl (C=O) groups is 1. The van der Waals surface area contributed by atoms with Crippen molar-refractivity contribution in [3.63, 3.8) is 0 Å². The van der Waals surface area contributed by atoms with Crippen molar-refractivity contribution in [1.29, 1.82) is 0 Å². The van der Waals surface area contributed by atoms with Gasteiger partial charge in [0, 0.05) is 23.8 Å². The monoisotopic (exact) mass is 275 g/mol. The minimum atomic E-state index is 0.00133. The molecule has 1 aliphatic rings. The number of likely N-dealkylation sites (tertiary alicyclic amines) is 1. The molecule has 0 saturated carbocycles. The van der Waals surface area contributed by atoms with Crippen molar-refractivity contribution >= 4 is 11.6 Å². The van der Waals surface area contributed by atoms with Crippen LogP contribution in [0.3, 0.4) is 0 Å². The number of rotatable bonds is 4. The molecule has 4 nitrogen and oxygen atoms in total. The number of piperidine rings is 1. The SMILES string of the molecule is CCNC(=O)c1ccc(NC2CCN(C)CC2)c(C)c1. The second kappa shape index (κ2) is 6.75. The van der Waals surface area contributed by atoms with Gasteiger partial charge in [-0.1, -0.05) is 0 Å². The number of amides is 1. The molecule has 0 radical (unpaired) electrons. The van der Waals surface area contributed by atoms with E-state index < -0.39 is 0 Å². The molecular weight excluding hydrogens is 250 g/mol. The van der Waals surface area contributed by atoms with Crippen LogP contribution in [0, 0.1) is 6.92 Å². The average Bonchev–Trinajstić information content (AvgIpc) is 2.43. The van der Waals surface area contributed by atoms with E-state index in [4.69, 9.17) is 0 Å². The van der Waals surface area contributed by atoms with E-state index in [1.807, 2.05) is 25.1 Å². The third-order valence-electron chi connectivity index (χ3n) is 3.90. The van der Waals surface area contributed by atoms with E-state index in [2.05, 4.69) is 29.5 Å². The van der Waals surface area contributed by atoms with Crippen molar-refractivity contribution in [3.8, 4) is 0 Å². The van der Waals surface area contributed by atoms with Gasteiger partial charge in [-0.3, -0.25) is 4.79 Å². The Labute approximate surface area is 121 Å². The summed E-state index contributed by atoms with van der Waals surface area (Å²) >= 11 is 0. The minimum absolute atomic E-state index is 0.00133. The van der Waals surface area contributed by atoms with Crippen LogP contribution in [-0.2, 0) is 0 Å². The summed E-state index contributed by atoms with van der Waals surface area (Å²) in [7, 11) is 2.17. The van der Waals surface area contributed by atoms with Gasteiger partial charge in [0.15, 0.2) is 0 Å². The van der Waals surface area contributed by atoms with Crippen LogP contribution in [-0.4, -0.2) is 43.5 Å². The molecule has 1 heterocycles. The number of hydrogen-bond acceptors (Lipinski definition) is 3. The first-order valence-corrected chi connectivity index (χ1v) is 7.44. The Balaban J connectivity index is 2.00. The third-order valence-corrected chi connectivity index (χ3v) is 3.90. The predicted octanol–water partition coefficient (Wildman–Crippen LogP) is 2.25. The summed E-state index contributed by atoms with van der Waals surface area (Å²) in [5, 5.41) is 6.44. The Morgan fingerprint density at radius 3 is 2.65 bits per heavy atom. The van der Waals surface area contributed by atoms with E-state index in [-0.39, 0.29) is 5.91 Å². The van der Waals surface area contributed by atoms with Crippen LogP contribution in [0.5, 0.6) is 0 Å². The Hall–Kier alpha value is -1.55. The highest BCUT2D eigenvalue weighted by molar-refractivity contribution is 5.94. The molecule has 2 rings (SSSR count). The lowest BCUT2D eigenvalue weighted by molar-refractivity contribution is 0.0956. The van der Waals surface area contributed by atoms with Crippen LogP contribution in [0.4, 0.5) is 5.69 Å². The van der Waals surface area contributed by atoms with Gasteiger partial charge in [-0.15, -0.1) is 0 Å². The summed E-state index contributed by atoms with van der Waals surface area (Å²) < 4.78 is 0. The molecule has 0 unspecified atom stereocenters. The van der Waals surface area contributed by atoms with Gasteiger partial charge < -0.3 is 15.5 Å². The Morgan fingerprint density at radius 2 is 2.05 bits per heavy atom. The highest BCUT2D eigenvalue weighted by Crippen LogP contribution is 2.20. The lowest BCUT2D eigenvalue weighted by atomic mass is 10.0. The fourth-order valence-corrected chi connectivity index (χ4v) is 2.60. The maximum absolute atomic E-state index is 11.8. The highest BCUT2D eigenvalue weighted by atomic mass is 16.1. The van der Waals surface area contributed by atoms with E-state index in [0.717, 1.165) is 29.9 Å². The van der Waals surface area contributed by atoms with Crippen molar-refractivity contribution < 1.29 is 4.79 Å². The Bertz CT molecular complexity index is 465. The van der Waals surface area contributed by atoms with Gasteiger partial charge in [0.2, 0.25) is 0 Å². The van der Waals surface area contributed by atoms with Gasteiger partial charge in [-0.25, -0.2) is 0 Å². The average molecular weight is 275 g/mol. The number of nitrogens with zero attached hydrogens (tertiary/aromatic N) is 1. The van der Waals surface area contributed by atoms with Gasteiger partial charge in [0.05, 0.1) is 0 Å². The number of carbonyl (C=O) groups excluding carboxylic acids is 1. The molecule has 0 bridgehead atoms. The molecule has 1 aromatic rings. The van der Waals surface area contributed by atoms with Crippen molar-refractivity contribution in [3.05, 3.63) is 29.3 Å². The third kappa shape index (κ3) is 3.73. The van der Waals surface area contributed by atoms with Crippen LogP contribution < -0.4 is 10.6 Å². The van der Waals surface area contributed by atoms with Gasteiger partial charge in [0.1, 0.15) is 0 Å². The van der Waals surface area contributed by atoms with Crippen LogP contribution >= 0.6 is 0 Å². The van der Waals surface area contributed by atoms with E-state index in [9.17, 15) is 4.79 Å². The molecule has 0 aromatic heterocycles. The zero-order valence-corrected chi connectivity index (χ0v) is 12.7. The molecule has 1 aliphatic heterocycles. The molecule has 0 atom stereocenters. The van der Waals surface area contributed by atoms with Gasteiger partial charge in [-0.05, 0) is 70.6 Å². The fraction of sp³-hybridized carbons (Fsp3) is 0.562. The van der Waals surface area contributed by atoms with Crippen molar-refractivity contribution in [1.82, 2.24) is 10.2 Å². The molecule has 0 aliphatic carbocycles. The summed E-state index contributed by atoms with van der Waals surface area (Å²) in [6, 6.07) is 6.43. The van der Waals surface area contributed by atoms with Gasteiger partial charge >= 0.3 is 0 Å². The molecule has 1 fully saturated rings. The second-order valence-electron chi connectivity index (χ2n) is 5.61. The molecule has 1 saturated heterocycles. The lowest BCUT2D eigenvalue weighted by Gasteiger charge is -2.30. The Morgan fingerprint density at radius 1 is 1.35 bits per heavy atom. The molecule has 20 heavy (non-hydrogen) atoms. The predicted molar refractivity (Wildman–Crippen MR) is 83.3 cm³/mol. The standard InChI is InChI=1S/C16H25N3O/c1-4-17-16(20)13-5-6-15(12(2)11-13)18-14-7-9-19(3)10-8-14/h5-6,11,14,18H,4,7-10H2,1-3H3,(H,17,20). The van der Waals surface area contributed by atoms with Crippen LogP contribution in [0.15, 0.2) is 18.2 Å². The van der Waals surface area contributed by atoms with Crippen LogP contribution in [0.25, 0.3) is 0 Å². The maximum Gasteiger partial charge on any atom is 0.251 e. The van der Waals surface area contributed by atoms with E-state index >= 15 is 0 Å². The molecule has 1 amide bonds. The molecule has 110 valence electrons. The normalized spacial score (nSPS) is 16.9. The van der Waals surface area contributed by atoms with Crippen LogP contribution in [0.2, 0.25) is 0 Å². The molecule has 1 aromatic carbocycles. The zero-order valence-electron chi connectivity index (χ0n) is 12.7. The topological polar surface area (TPSA) is 44.4 Å². The number of nitrogens with one attached hydrogen (secondary N) is 2. The summed E-state index contributed by atoms with van der Waals surface area (Å²) in [4.78, 5) is 14.2. The molecular formula is C16H25N3O. The van der Waals surface area contributed by atoms with E-state index in [1.165, 1.54) is 12.8 Å². The molecule has 2 N–H and O–H groups in total. The van der Waals surface area contributed by atoms with Crippen molar-refractivity contribution in [2.24, 2.45) is 0 Å². The van der Waals surface area contributed by atoms with E-state index in [1.54, 1.807) is 0 Å². The van der Waals surface area contributed by atoms with Crippen molar-refractivity contribution in [2.75, 3.05) is 32.0 Å². The fourth-order valence-electron chi connectivity index (χ4n) is 2.60. The number of hydrogen-bond donors (Lipinski definition) is 2. The largest absolute Gasteiger partial charge is 0.382 e. The minimum Gasteiger partial charge on any atom is -0.382 e. The van der Waals surface area contributed by atoms with Crippen LogP contribution in [0.1, 0.15) is 35.7 Å². The zero-order chi connectivity index (χ0) is 14.5. The first-order valence-electron chi connectivity index (χ1n) is 7.44. The first kappa shape index (κ1) is 14.9. The first-order chi connectivity index (χ1) is 9.60. The molecule has 0 spiro atoms. The van der Waals surface area contributed by atoms with Crippen molar-refractivity contribution in [2.45, 2.75) is 32.7 Å². The summed E-state index contributed by atoms with van der Waals surface area (Å²) in [6.45, 7) is 6.94. The number of aryl methyl sites for hydroxylation is 1. The smallest absolute Gasteiger partial charge is 0.251 e. The van der Waals surface area contributed by atoms with Gasteiger partial charge in [0.25, 0.3) is 5.91 Å². The number of benzene rings is 1. The van der Waals surface area contributed by atoms with E-state index in [0.29, 0.717) is 12.6 Å². The Kier molecular flexibility index (Phi) is 5.01. The summed E-state index contributed by atoms with van der Waals surface area (Å²) in [5.41, 5.74) is 3.01. The second-order valence-corrected chi connectivity index (χ2v) is 5.61.